The molecule has 3 aromatic rings. The molecule has 0 saturated carbocycles. The smallest absolute Gasteiger partial charge is 0.232 e. The van der Waals surface area contributed by atoms with Crippen LogP contribution in [0.3, 0.4) is 0 Å². The van der Waals surface area contributed by atoms with Crippen LogP contribution in [-0.4, -0.2) is 16.6 Å². The molecule has 94 valence electrons. The van der Waals surface area contributed by atoms with Crippen molar-refractivity contribution in [3.8, 4) is 5.88 Å². The molecule has 0 bridgehead atoms. The molecule has 3 nitrogen and oxygen atoms in total. The molecule has 1 aliphatic heterocycles. The Hall–Kier alpha value is -1.72. The maximum Gasteiger partial charge on any atom is 0.232 e. The van der Waals surface area contributed by atoms with Gasteiger partial charge in [-0.3, -0.25) is 0 Å². The Morgan fingerprint density at radius 3 is 2.89 bits per heavy atom. The van der Waals surface area contributed by atoms with E-state index in [2.05, 4.69) is 22.1 Å². The maximum atomic E-state index is 5.50. The van der Waals surface area contributed by atoms with Crippen LogP contribution in [-0.2, 0) is 6.42 Å². The highest BCUT2D eigenvalue weighted by Crippen LogP contribution is 2.31. The first kappa shape index (κ1) is 11.1. The van der Waals surface area contributed by atoms with Crippen LogP contribution in [0.2, 0.25) is 0 Å². The summed E-state index contributed by atoms with van der Waals surface area (Å²) in [5.74, 6) is 0.767. The van der Waals surface area contributed by atoms with Crippen LogP contribution in [0.15, 0.2) is 30.3 Å². The molecule has 0 radical (unpaired) electrons. The number of para-hydroxylation sites is 1. The third-order valence-corrected chi connectivity index (χ3v) is 4.93. The summed E-state index contributed by atoms with van der Waals surface area (Å²) in [6, 6.07) is 8.22. The number of fused-ring (bicyclic) bond motifs is 2. The van der Waals surface area contributed by atoms with Crippen molar-refractivity contribution in [3.63, 3.8) is 0 Å². The standard InChI is InChI=1S/C14H10N2OS2/c1-2-5-10-9(4-1)15-12(18-10)8-13-16-14-11(19-13)6-3-7-17-14/h1-6H,7-8H2. The lowest BCUT2D eigenvalue weighted by Crippen LogP contribution is -1.98. The molecule has 0 amide bonds. The largest absolute Gasteiger partial charge is 0.472 e. The minimum absolute atomic E-state index is 0.622. The molecule has 3 heterocycles. The molecule has 1 aromatic carbocycles. The molecule has 0 saturated heterocycles. The van der Waals surface area contributed by atoms with Gasteiger partial charge in [-0.2, -0.15) is 0 Å². The second-order valence-corrected chi connectivity index (χ2v) is 6.47. The number of ether oxygens (including phenoxy) is 1. The molecule has 5 heteroatoms. The highest BCUT2D eigenvalue weighted by molar-refractivity contribution is 7.18. The van der Waals surface area contributed by atoms with Crippen molar-refractivity contribution in [2.75, 3.05) is 6.61 Å². The zero-order chi connectivity index (χ0) is 12.7. The highest BCUT2D eigenvalue weighted by atomic mass is 32.1. The molecule has 19 heavy (non-hydrogen) atoms. The predicted octanol–water partition coefficient (Wildman–Crippen LogP) is 3.75. The van der Waals surface area contributed by atoms with Crippen LogP contribution in [0.5, 0.6) is 5.88 Å². The number of nitrogens with zero attached hydrogens (tertiary/aromatic N) is 2. The van der Waals surface area contributed by atoms with Crippen LogP contribution in [0.4, 0.5) is 0 Å². The van der Waals surface area contributed by atoms with Crippen LogP contribution >= 0.6 is 22.7 Å². The monoisotopic (exact) mass is 286 g/mol. The maximum absolute atomic E-state index is 5.50. The number of aromatic nitrogens is 2. The quantitative estimate of drug-likeness (QED) is 0.719. The van der Waals surface area contributed by atoms with Gasteiger partial charge in [0.15, 0.2) is 0 Å². The van der Waals surface area contributed by atoms with Gasteiger partial charge in [0.1, 0.15) is 16.6 Å². The van der Waals surface area contributed by atoms with E-state index < -0.39 is 0 Å². The second kappa shape index (κ2) is 4.43. The topological polar surface area (TPSA) is 35.0 Å². The van der Waals surface area contributed by atoms with Crippen molar-refractivity contribution >= 4 is 39.0 Å². The molecule has 0 N–H and O–H groups in total. The van der Waals surface area contributed by atoms with Gasteiger partial charge >= 0.3 is 0 Å². The van der Waals surface area contributed by atoms with Crippen molar-refractivity contribution in [2.45, 2.75) is 6.42 Å². The van der Waals surface area contributed by atoms with E-state index in [1.165, 1.54) is 4.70 Å². The average Bonchev–Trinajstić information content (AvgIpc) is 3.00. The van der Waals surface area contributed by atoms with E-state index in [1.54, 1.807) is 22.7 Å². The third-order valence-electron chi connectivity index (χ3n) is 2.89. The summed E-state index contributed by atoms with van der Waals surface area (Å²) in [5.41, 5.74) is 1.07. The van der Waals surface area contributed by atoms with Gasteiger partial charge in [0.25, 0.3) is 0 Å². The van der Waals surface area contributed by atoms with E-state index in [0.717, 1.165) is 32.7 Å². The minimum atomic E-state index is 0.622. The zero-order valence-electron chi connectivity index (χ0n) is 10.00. The molecule has 0 unspecified atom stereocenters. The average molecular weight is 286 g/mol. The molecule has 4 rings (SSSR count). The van der Waals surface area contributed by atoms with Crippen molar-refractivity contribution in [1.29, 1.82) is 0 Å². The fraction of sp³-hybridized carbons (Fsp3) is 0.143. The summed E-state index contributed by atoms with van der Waals surface area (Å²) >= 11 is 3.42. The van der Waals surface area contributed by atoms with Crippen molar-refractivity contribution in [2.24, 2.45) is 0 Å². The Bertz CT molecular complexity index is 740. The predicted molar refractivity (Wildman–Crippen MR) is 79.1 cm³/mol. The van der Waals surface area contributed by atoms with Gasteiger partial charge < -0.3 is 4.74 Å². The zero-order valence-corrected chi connectivity index (χ0v) is 11.6. The molecule has 0 aliphatic carbocycles. The molecule has 0 fully saturated rings. The van der Waals surface area contributed by atoms with Crippen LogP contribution in [0, 0.1) is 0 Å². The summed E-state index contributed by atoms with van der Waals surface area (Å²) in [7, 11) is 0. The first-order valence-corrected chi connectivity index (χ1v) is 7.65. The van der Waals surface area contributed by atoms with E-state index in [4.69, 9.17) is 4.74 Å². The van der Waals surface area contributed by atoms with Crippen LogP contribution in [0.1, 0.15) is 14.9 Å². The fourth-order valence-corrected chi connectivity index (χ4v) is 4.06. The van der Waals surface area contributed by atoms with Crippen LogP contribution in [0.25, 0.3) is 16.3 Å². The summed E-state index contributed by atoms with van der Waals surface area (Å²) in [4.78, 5) is 10.3. The van der Waals surface area contributed by atoms with E-state index in [0.29, 0.717) is 6.61 Å². The Morgan fingerprint density at radius 2 is 2.00 bits per heavy atom. The number of benzene rings is 1. The minimum Gasteiger partial charge on any atom is -0.472 e. The molecule has 0 atom stereocenters. The van der Waals surface area contributed by atoms with Gasteiger partial charge in [0.2, 0.25) is 5.88 Å². The molecule has 1 aliphatic rings. The molecule has 2 aromatic heterocycles. The van der Waals surface area contributed by atoms with Gasteiger partial charge in [-0.15, -0.1) is 22.7 Å². The normalized spacial score (nSPS) is 13.5. The van der Waals surface area contributed by atoms with Crippen molar-refractivity contribution in [1.82, 2.24) is 9.97 Å². The van der Waals surface area contributed by atoms with E-state index in [9.17, 15) is 0 Å². The number of hydrogen-bond acceptors (Lipinski definition) is 5. The Balaban J connectivity index is 1.67. The Labute approximate surface area is 118 Å². The van der Waals surface area contributed by atoms with E-state index in [-0.39, 0.29) is 0 Å². The summed E-state index contributed by atoms with van der Waals surface area (Å²) < 4.78 is 6.73. The van der Waals surface area contributed by atoms with E-state index >= 15 is 0 Å². The first-order valence-electron chi connectivity index (χ1n) is 6.02. The Kier molecular flexibility index (Phi) is 2.60. The SMILES string of the molecule is C1=Cc2sc(Cc3nc4ccccc4s3)nc2OC1. The lowest BCUT2D eigenvalue weighted by molar-refractivity contribution is 0.346. The molecular weight excluding hydrogens is 276 g/mol. The summed E-state index contributed by atoms with van der Waals surface area (Å²) in [5, 5.41) is 2.17. The molecular formula is C14H10N2OS2. The van der Waals surface area contributed by atoms with E-state index in [1.807, 2.05) is 24.3 Å². The number of thiazole rings is 2. The second-order valence-electron chi connectivity index (χ2n) is 4.24. The van der Waals surface area contributed by atoms with Gasteiger partial charge in [0, 0.05) is 0 Å². The van der Waals surface area contributed by atoms with Gasteiger partial charge in [-0.25, -0.2) is 9.97 Å². The number of hydrogen-bond donors (Lipinski definition) is 0. The fourth-order valence-electron chi connectivity index (χ4n) is 2.05. The number of rotatable bonds is 2. The lowest BCUT2D eigenvalue weighted by atomic mass is 10.3. The third kappa shape index (κ3) is 2.05. The summed E-state index contributed by atoms with van der Waals surface area (Å²) in [6.07, 6.45) is 4.88. The Morgan fingerprint density at radius 1 is 1.11 bits per heavy atom. The van der Waals surface area contributed by atoms with Crippen molar-refractivity contribution < 1.29 is 4.74 Å². The van der Waals surface area contributed by atoms with Crippen LogP contribution < -0.4 is 4.74 Å². The van der Waals surface area contributed by atoms with Gasteiger partial charge in [0.05, 0.1) is 21.5 Å². The molecule has 0 spiro atoms. The van der Waals surface area contributed by atoms with Gasteiger partial charge in [-0.05, 0) is 24.3 Å². The summed E-state index contributed by atoms with van der Waals surface area (Å²) in [6.45, 7) is 0.622. The first-order chi connectivity index (χ1) is 9.38. The highest BCUT2D eigenvalue weighted by Gasteiger charge is 2.14. The van der Waals surface area contributed by atoms with Crippen molar-refractivity contribution in [3.05, 3.63) is 45.2 Å². The lowest BCUT2D eigenvalue weighted by Gasteiger charge is -2.03. The van der Waals surface area contributed by atoms with Gasteiger partial charge in [-0.1, -0.05) is 12.1 Å².